The van der Waals surface area contributed by atoms with E-state index in [0.29, 0.717) is 0 Å². The van der Waals surface area contributed by atoms with E-state index in [1.54, 1.807) is 0 Å². The van der Waals surface area contributed by atoms with Gasteiger partial charge in [0.15, 0.2) is 0 Å². The molecule has 0 fully saturated rings. The van der Waals surface area contributed by atoms with Gasteiger partial charge in [-0.05, 0) is 31.9 Å². The number of para-hydroxylation sites is 1. The molecule has 0 radical (unpaired) electrons. The fourth-order valence-electron chi connectivity index (χ4n) is 1.32. The summed E-state index contributed by atoms with van der Waals surface area (Å²) in [7, 11) is 0. The van der Waals surface area contributed by atoms with E-state index in [-0.39, 0.29) is 12.5 Å². The van der Waals surface area contributed by atoms with Crippen molar-refractivity contribution >= 4 is 0 Å². The standard InChI is InChI=1S/C13H20O/c1-3-4-6-9-12(2)14-13-10-7-5-8-11-13/h5,7-8,10-12H,3-4,6,9H2,1-2H3/t12-/m1/s1/i9D/t9-,12-. The van der Waals surface area contributed by atoms with Crippen molar-refractivity contribution in [2.24, 2.45) is 0 Å². The van der Waals surface area contributed by atoms with Crippen molar-refractivity contribution < 1.29 is 6.11 Å². The van der Waals surface area contributed by atoms with Gasteiger partial charge in [-0.25, -0.2) is 0 Å². The molecular formula is C13H20O. The van der Waals surface area contributed by atoms with Crippen LogP contribution in [0.3, 0.4) is 0 Å². The van der Waals surface area contributed by atoms with Crippen LogP contribution in [0.15, 0.2) is 30.3 Å². The van der Waals surface area contributed by atoms with E-state index in [0.717, 1.165) is 25.0 Å². The van der Waals surface area contributed by atoms with Crippen LogP contribution in [-0.4, -0.2) is 6.10 Å². The van der Waals surface area contributed by atoms with Crippen LogP contribution in [0.4, 0.5) is 0 Å². The second-order valence-electron chi connectivity index (χ2n) is 3.51. The summed E-state index contributed by atoms with van der Waals surface area (Å²) >= 11 is 0. The maximum Gasteiger partial charge on any atom is 0.119 e. The third kappa shape index (κ3) is 4.31. The minimum atomic E-state index is -0.120. The highest BCUT2D eigenvalue weighted by atomic mass is 16.5. The lowest BCUT2D eigenvalue weighted by molar-refractivity contribution is 0.206. The Morgan fingerprint density at radius 2 is 2.00 bits per heavy atom. The minimum absolute atomic E-state index is 0.0288. The van der Waals surface area contributed by atoms with Gasteiger partial charge in [0.2, 0.25) is 0 Å². The molecule has 0 saturated carbocycles. The summed E-state index contributed by atoms with van der Waals surface area (Å²) in [5.74, 6) is 0.860. The number of hydrogen-bond donors (Lipinski definition) is 0. The van der Waals surface area contributed by atoms with Gasteiger partial charge >= 0.3 is 0 Å². The smallest absolute Gasteiger partial charge is 0.119 e. The molecule has 0 heterocycles. The third-order valence-corrected chi connectivity index (χ3v) is 2.12. The Morgan fingerprint density at radius 1 is 1.29 bits per heavy atom. The molecule has 14 heavy (non-hydrogen) atoms. The summed E-state index contributed by atoms with van der Waals surface area (Å²) in [5.41, 5.74) is 0. The molecular weight excluding hydrogens is 172 g/mol. The Hall–Kier alpha value is -0.980. The molecule has 1 heteroatoms. The average molecular weight is 193 g/mol. The largest absolute Gasteiger partial charge is 0.491 e. The van der Waals surface area contributed by atoms with Gasteiger partial charge < -0.3 is 4.74 Å². The predicted octanol–water partition coefficient (Wildman–Crippen LogP) is 4.03. The third-order valence-electron chi connectivity index (χ3n) is 2.12. The molecule has 0 N–H and O–H groups in total. The van der Waals surface area contributed by atoms with Crippen LogP contribution in [0.25, 0.3) is 0 Å². The minimum Gasteiger partial charge on any atom is -0.491 e. The molecule has 78 valence electrons. The van der Waals surface area contributed by atoms with Gasteiger partial charge in [0.1, 0.15) is 5.75 Å². The van der Waals surface area contributed by atoms with E-state index in [1.165, 1.54) is 0 Å². The first kappa shape index (κ1) is 9.57. The normalized spacial score (nSPS) is 15.7. The summed E-state index contributed by atoms with van der Waals surface area (Å²) in [6.07, 6.45) is 3.03. The highest BCUT2D eigenvalue weighted by Crippen LogP contribution is 2.13. The Bertz CT molecular complexity index is 260. The quantitative estimate of drug-likeness (QED) is 0.662. The molecule has 0 bridgehead atoms. The topological polar surface area (TPSA) is 9.23 Å². The van der Waals surface area contributed by atoms with Gasteiger partial charge in [-0.2, -0.15) is 0 Å². The predicted molar refractivity (Wildman–Crippen MR) is 60.7 cm³/mol. The van der Waals surface area contributed by atoms with E-state index in [4.69, 9.17) is 6.11 Å². The number of ether oxygens (including phenoxy) is 1. The molecule has 0 saturated heterocycles. The Labute approximate surface area is 88.5 Å². The summed E-state index contributed by atoms with van der Waals surface area (Å²) in [6.45, 7) is 4.12. The second kappa shape index (κ2) is 6.47. The molecule has 1 aromatic rings. The molecule has 1 rings (SSSR count). The van der Waals surface area contributed by atoms with Crippen molar-refractivity contribution in [1.82, 2.24) is 0 Å². The van der Waals surface area contributed by atoms with E-state index in [1.807, 2.05) is 37.3 Å². The van der Waals surface area contributed by atoms with Crippen molar-refractivity contribution in [3.63, 3.8) is 0 Å². The van der Waals surface area contributed by atoms with Crippen molar-refractivity contribution in [2.75, 3.05) is 0 Å². The van der Waals surface area contributed by atoms with Gasteiger partial charge in [-0.15, -0.1) is 0 Å². The zero-order valence-corrected chi connectivity index (χ0v) is 9.07. The molecule has 1 nitrogen and oxygen atoms in total. The number of unbranched alkanes of at least 4 members (excludes halogenated alkanes) is 1. The maximum absolute atomic E-state index is 7.91. The number of benzene rings is 1. The van der Waals surface area contributed by atoms with Crippen LogP contribution in [0.5, 0.6) is 5.75 Å². The van der Waals surface area contributed by atoms with Crippen LogP contribution in [-0.2, 0) is 0 Å². The Kier molecular flexibility index (Phi) is 4.42. The van der Waals surface area contributed by atoms with Crippen LogP contribution in [0.2, 0.25) is 0 Å². The fraction of sp³-hybridized carbons (Fsp3) is 0.538. The van der Waals surface area contributed by atoms with Crippen molar-refractivity contribution in [2.45, 2.75) is 45.6 Å². The Morgan fingerprint density at radius 3 is 2.64 bits per heavy atom. The molecule has 0 aliphatic rings. The summed E-state index contributed by atoms with van der Waals surface area (Å²) in [4.78, 5) is 0. The first-order chi connectivity index (χ1) is 7.24. The van der Waals surface area contributed by atoms with E-state index in [9.17, 15) is 0 Å². The lowest BCUT2D eigenvalue weighted by Crippen LogP contribution is -2.11. The summed E-state index contributed by atoms with van der Waals surface area (Å²) in [6, 6.07) is 9.74. The van der Waals surface area contributed by atoms with Crippen LogP contribution in [0, 0.1) is 0 Å². The van der Waals surface area contributed by atoms with Crippen LogP contribution < -0.4 is 4.74 Å². The van der Waals surface area contributed by atoms with Crippen LogP contribution >= 0.6 is 0 Å². The first-order valence-electron chi connectivity index (χ1n) is 5.95. The van der Waals surface area contributed by atoms with Gasteiger partial charge in [-0.1, -0.05) is 38.0 Å². The van der Waals surface area contributed by atoms with Gasteiger partial charge in [0, 0.05) is 1.37 Å². The molecule has 0 aliphatic heterocycles. The van der Waals surface area contributed by atoms with Gasteiger partial charge in [-0.3, -0.25) is 0 Å². The van der Waals surface area contributed by atoms with Crippen molar-refractivity contribution in [1.29, 1.82) is 0 Å². The molecule has 0 amide bonds. The lowest BCUT2D eigenvalue weighted by Gasteiger charge is -2.14. The molecule has 2 atom stereocenters. The summed E-state index contributed by atoms with van der Waals surface area (Å²) < 4.78 is 13.6. The molecule has 0 aromatic heterocycles. The molecule has 0 aliphatic carbocycles. The summed E-state index contributed by atoms with van der Waals surface area (Å²) in [5, 5.41) is 0. The van der Waals surface area contributed by atoms with Crippen molar-refractivity contribution in [3.05, 3.63) is 30.3 Å². The van der Waals surface area contributed by atoms with Gasteiger partial charge in [0.25, 0.3) is 0 Å². The SMILES string of the molecule is [2H][C@H](CCCC)[C@@H](C)Oc1ccccc1. The average Bonchev–Trinajstić information content (AvgIpc) is 2.27. The Balaban J connectivity index is 2.38. The molecule has 0 spiro atoms. The highest BCUT2D eigenvalue weighted by Gasteiger charge is 2.02. The lowest BCUT2D eigenvalue weighted by atomic mass is 10.1. The van der Waals surface area contributed by atoms with Gasteiger partial charge in [0.05, 0.1) is 6.10 Å². The van der Waals surface area contributed by atoms with E-state index >= 15 is 0 Å². The number of hydrogen-bond acceptors (Lipinski definition) is 1. The van der Waals surface area contributed by atoms with Crippen LogP contribution in [0.1, 0.15) is 40.9 Å². The number of rotatable bonds is 6. The molecule has 0 unspecified atom stereocenters. The van der Waals surface area contributed by atoms with Crippen molar-refractivity contribution in [3.8, 4) is 5.75 Å². The zero-order chi connectivity index (χ0) is 11.1. The highest BCUT2D eigenvalue weighted by molar-refractivity contribution is 5.21. The molecule has 1 aromatic carbocycles. The van der Waals surface area contributed by atoms with E-state index < -0.39 is 0 Å². The first-order valence-corrected chi connectivity index (χ1v) is 5.38. The monoisotopic (exact) mass is 193 g/mol. The fourth-order valence-corrected chi connectivity index (χ4v) is 1.32. The second-order valence-corrected chi connectivity index (χ2v) is 3.51. The van der Waals surface area contributed by atoms with E-state index in [2.05, 4.69) is 6.92 Å². The maximum atomic E-state index is 7.91. The zero-order valence-electron chi connectivity index (χ0n) is 10.1.